The zero-order valence-corrected chi connectivity index (χ0v) is 10.9. The number of aliphatic hydroxyl groups excluding tert-OH is 1. The van der Waals surface area contributed by atoms with Crippen molar-refractivity contribution in [1.82, 2.24) is 4.90 Å². The molecule has 0 amide bonds. The highest BCUT2D eigenvalue weighted by molar-refractivity contribution is 5.32. The van der Waals surface area contributed by atoms with Gasteiger partial charge in [-0.05, 0) is 25.8 Å². The number of nitro benzene ring substituents is 1. The second-order valence-electron chi connectivity index (χ2n) is 4.56. The third-order valence-electron chi connectivity index (χ3n) is 2.87. The van der Waals surface area contributed by atoms with Crippen LogP contribution in [0.3, 0.4) is 0 Å². The Labute approximate surface area is 107 Å². The topological polar surface area (TPSA) is 66.6 Å². The Kier molecular flexibility index (Phi) is 5.74. The molecule has 0 heterocycles. The molecule has 100 valence electrons. The molecule has 0 atom stereocenters. The summed E-state index contributed by atoms with van der Waals surface area (Å²) in [6.07, 6.45) is 0.741. The summed E-state index contributed by atoms with van der Waals surface area (Å²) in [6, 6.07) is 7.00. The minimum Gasteiger partial charge on any atom is -0.396 e. The van der Waals surface area contributed by atoms with Crippen molar-refractivity contribution in [2.75, 3.05) is 13.2 Å². The van der Waals surface area contributed by atoms with Crippen molar-refractivity contribution in [2.24, 2.45) is 0 Å². The zero-order chi connectivity index (χ0) is 13.5. The van der Waals surface area contributed by atoms with Gasteiger partial charge in [0.05, 0.1) is 4.92 Å². The molecule has 18 heavy (non-hydrogen) atoms. The van der Waals surface area contributed by atoms with Crippen LogP contribution in [0.2, 0.25) is 0 Å². The van der Waals surface area contributed by atoms with Crippen LogP contribution in [0.15, 0.2) is 24.3 Å². The molecule has 0 aliphatic rings. The molecule has 0 aromatic heterocycles. The minimum atomic E-state index is -0.393. The summed E-state index contributed by atoms with van der Waals surface area (Å²) in [7, 11) is 0. The van der Waals surface area contributed by atoms with Gasteiger partial charge in [-0.25, -0.2) is 0 Å². The van der Waals surface area contributed by atoms with Crippen LogP contribution < -0.4 is 0 Å². The molecule has 5 nitrogen and oxygen atoms in total. The maximum Gasteiger partial charge on any atom is 0.269 e. The molecule has 0 aliphatic carbocycles. The van der Waals surface area contributed by atoms with Gasteiger partial charge >= 0.3 is 0 Å². The van der Waals surface area contributed by atoms with Crippen LogP contribution in [0, 0.1) is 10.1 Å². The van der Waals surface area contributed by atoms with Crippen LogP contribution in [0.5, 0.6) is 0 Å². The fraction of sp³-hybridized carbons (Fsp3) is 0.538. The molecule has 0 saturated carbocycles. The number of benzene rings is 1. The molecular weight excluding hydrogens is 232 g/mol. The van der Waals surface area contributed by atoms with Crippen LogP contribution in [0.1, 0.15) is 25.8 Å². The second-order valence-corrected chi connectivity index (χ2v) is 4.56. The lowest BCUT2D eigenvalue weighted by Crippen LogP contribution is -2.31. The predicted octanol–water partition coefficient (Wildman–Crippen LogP) is 2.19. The highest BCUT2D eigenvalue weighted by atomic mass is 16.6. The van der Waals surface area contributed by atoms with Gasteiger partial charge in [0.15, 0.2) is 0 Å². The molecule has 5 heteroatoms. The largest absolute Gasteiger partial charge is 0.396 e. The number of nitro groups is 1. The minimum absolute atomic E-state index is 0.116. The van der Waals surface area contributed by atoms with Crippen molar-refractivity contribution in [2.45, 2.75) is 32.9 Å². The standard InChI is InChI=1S/C13H20N2O3/c1-11(2)14(8-3-9-16)10-12-4-6-13(7-5-12)15(17)18/h4-7,11,16H,3,8-10H2,1-2H3. The van der Waals surface area contributed by atoms with E-state index in [1.54, 1.807) is 12.1 Å². The summed E-state index contributed by atoms with van der Waals surface area (Å²) in [5.41, 5.74) is 1.16. The van der Waals surface area contributed by atoms with Crippen LogP contribution in [-0.4, -0.2) is 34.1 Å². The van der Waals surface area contributed by atoms with Gasteiger partial charge in [0.25, 0.3) is 5.69 Å². The summed E-state index contributed by atoms with van der Waals surface area (Å²) in [5, 5.41) is 19.4. The van der Waals surface area contributed by atoms with Crippen LogP contribution in [0.4, 0.5) is 5.69 Å². The summed E-state index contributed by atoms with van der Waals surface area (Å²) in [4.78, 5) is 12.4. The number of nitrogens with zero attached hydrogens (tertiary/aromatic N) is 2. The van der Waals surface area contributed by atoms with E-state index in [1.165, 1.54) is 12.1 Å². The van der Waals surface area contributed by atoms with E-state index in [4.69, 9.17) is 5.11 Å². The molecule has 0 radical (unpaired) electrons. The Balaban J connectivity index is 2.65. The van der Waals surface area contributed by atoms with Gasteiger partial charge in [-0.2, -0.15) is 0 Å². The van der Waals surface area contributed by atoms with Crippen LogP contribution in [0.25, 0.3) is 0 Å². The van der Waals surface area contributed by atoms with Crippen molar-refractivity contribution >= 4 is 5.69 Å². The number of non-ortho nitro benzene ring substituents is 1. The molecule has 1 aromatic rings. The number of hydrogen-bond donors (Lipinski definition) is 1. The van der Waals surface area contributed by atoms with Gasteiger partial charge in [0.2, 0.25) is 0 Å². The Morgan fingerprint density at radius 3 is 2.39 bits per heavy atom. The van der Waals surface area contributed by atoms with Gasteiger partial charge in [0.1, 0.15) is 0 Å². The van der Waals surface area contributed by atoms with Gasteiger partial charge < -0.3 is 5.11 Å². The van der Waals surface area contributed by atoms with Crippen molar-refractivity contribution in [3.05, 3.63) is 39.9 Å². The van der Waals surface area contributed by atoms with Gasteiger partial charge in [-0.15, -0.1) is 0 Å². The van der Waals surface area contributed by atoms with Gasteiger partial charge in [-0.3, -0.25) is 15.0 Å². The molecule has 0 spiro atoms. The van der Waals surface area contributed by atoms with Crippen molar-refractivity contribution < 1.29 is 10.0 Å². The molecule has 0 saturated heterocycles. The fourth-order valence-corrected chi connectivity index (χ4v) is 1.75. The molecule has 1 aromatic carbocycles. The smallest absolute Gasteiger partial charge is 0.269 e. The molecule has 0 aliphatic heterocycles. The zero-order valence-electron chi connectivity index (χ0n) is 10.9. The first-order chi connectivity index (χ1) is 8.54. The first kappa shape index (κ1) is 14.6. The summed E-state index contributed by atoms with van der Waals surface area (Å²) >= 11 is 0. The van der Waals surface area contributed by atoms with E-state index >= 15 is 0 Å². The van der Waals surface area contributed by atoms with Crippen molar-refractivity contribution in [3.63, 3.8) is 0 Å². The van der Waals surface area contributed by atoms with E-state index < -0.39 is 4.92 Å². The Morgan fingerprint density at radius 2 is 1.94 bits per heavy atom. The Morgan fingerprint density at radius 1 is 1.33 bits per heavy atom. The summed E-state index contributed by atoms with van der Waals surface area (Å²) < 4.78 is 0. The van der Waals surface area contributed by atoms with E-state index in [0.717, 1.165) is 25.1 Å². The SMILES string of the molecule is CC(C)N(CCCO)Cc1ccc([N+](=O)[O-])cc1. The third-order valence-corrected chi connectivity index (χ3v) is 2.87. The second kappa shape index (κ2) is 7.08. The number of aliphatic hydroxyl groups is 1. The lowest BCUT2D eigenvalue weighted by atomic mass is 10.1. The van der Waals surface area contributed by atoms with E-state index in [9.17, 15) is 10.1 Å². The molecule has 0 fully saturated rings. The molecule has 0 bridgehead atoms. The fourth-order valence-electron chi connectivity index (χ4n) is 1.75. The first-order valence-electron chi connectivity index (χ1n) is 6.13. The molecular formula is C13H20N2O3. The van der Waals surface area contributed by atoms with Crippen molar-refractivity contribution in [1.29, 1.82) is 0 Å². The Bertz CT molecular complexity index is 376. The highest BCUT2D eigenvalue weighted by Gasteiger charge is 2.11. The maximum absolute atomic E-state index is 10.6. The van der Waals surface area contributed by atoms with E-state index in [1.807, 2.05) is 0 Å². The molecule has 1 N–H and O–H groups in total. The molecule has 1 rings (SSSR count). The monoisotopic (exact) mass is 252 g/mol. The predicted molar refractivity (Wildman–Crippen MR) is 70.3 cm³/mol. The van der Waals surface area contributed by atoms with Gasteiger partial charge in [-0.1, -0.05) is 12.1 Å². The molecule has 0 unspecified atom stereocenters. The average molecular weight is 252 g/mol. The van der Waals surface area contributed by atoms with Gasteiger partial charge in [0, 0.05) is 37.9 Å². The number of rotatable bonds is 7. The van der Waals surface area contributed by atoms with E-state index in [0.29, 0.717) is 6.04 Å². The van der Waals surface area contributed by atoms with Crippen LogP contribution >= 0.6 is 0 Å². The highest BCUT2D eigenvalue weighted by Crippen LogP contribution is 2.14. The Hall–Kier alpha value is -1.46. The quantitative estimate of drug-likeness (QED) is 0.596. The number of hydrogen-bond acceptors (Lipinski definition) is 4. The summed E-state index contributed by atoms with van der Waals surface area (Å²) in [5.74, 6) is 0. The van der Waals surface area contributed by atoms with E-state index in [-0.39, 0.29) is 12.3 Å². The van der Waals surface area contributed by atoms with E-state index in [2.05, 4.69) is 18.7 Å². The first-order valence-corrected chi connectivity index (χ1v) is 6.13. The lowest BCUT2D eigenvalue weighted by Gasteiger charge is -2.26. The van der Waals surface area contributed by atoms with Crippen molar-refractivity contribution in [3.8, 4) is 0 Å². The average Bonchev–Trinajstić information content (AvgIpc) is 2.34. The maximum atomic E-state index is 10.6. The summed E-state index contributed by atoms with van der Waals surface area (Å²) in [6.45, 7) is 5.95. The third kappa shape index (κ3) is 4.43. The normalized spacial score (nSPS) is 11.2. The lowest BCUT2D eigenvalue weighted by molar-refractivity contribution is -0.384. The van der Waals surface area contributed by atoms with Crippen LogP contribution in [-0.2, 0) is 6.54 Å².